The Labute approximate surface area is 125 Å². The maximum atomic E-state index is 12.3. The smallest absolute Gasteiger partial charge is 0.335 e. The lowest BCUT2D eigenvalue weighted by atomic mass is 10.2. The Morgan fingerprint density at radius 3 is 2.67 bits per heavy atom. The van der Waals surface area contributed by atoms with E-state index >= 15 is 0 Å². The number of sulfone groups is 1. The Morgan fingerprint density at radius 1 is 1.43 bits per heavy atom. The van der Waals surface area contributed by atoms with Gasteiger partial charge < -0.3 is 10.0 Å². The molecule has 0 aliphatic heterocycles. The van der Waals surface area contributed by atoms with Crippen molar-refractivity contribution in [1.29, 1.82) is 0 Å². The Morgan fingerprint density at radius 2 is 2.10 bits per heavy atom. The van der Waals surface area contributed by atoms with Gasteiger partial charge in [-0.2, -0.15) is 0 Å². The molecule has 0 saturated heterocycles. The van der Waals surface area contributed by atoms with Crippen LogP contribution in [-0.4, -0.2) is 50.3 Å². The van der Waals surface area contributed by atoms with Crippen LogP contribution >= 0.6 is 0 Å². The quantitative estimate of drug-likeness (QED) is 0.830. The lowest BCUT2D eigenvalue weighted by Crippen LogP contribution is -2.28. The van der Waals surface area contributed by atoms with Gasteiger partial charge in [-0.3, -0.25) is 0 Å². The molecule has 2 rings (SSSR count). The van der Waals surface area contributed by atoms with Gasteiger partial charge in [-0.05, 0) is 43.5 Å². The number of hydrogen-bond donors (Lipinski definition) is 1. The summed E-state index contributed by atoms with van der Waals surface area (Å²) in [4.78, 5) is 13.0. The van der Waals surface area contributed by atoms with Crippen molar-refractivity contribution in [2.24, 2.45) is 11.8 Å². The molecule has 1 aromatic rings. The first-order chi connectivity index (χ1) is 9.79. The molecule has 2 unspecified atom stereocenters. The Balaban J connectivity index is 1.97. The molecule has 0 amide bonds. The molecule has 5 nitrogen and oxygen atoms in total. The zero-order chi connectivity index (χ0) is 15.6. The lowest BCUT2D eigenvalue weighted by Gasteiger charge is -2.16. The number of hydrogen-bond acceptors (Lipinski definition) is 4. The number of rotatable bonds is 7. The molecule has 2 atom stereocenters. The second kappa shape index (κ2) is 6.15. The van der Waals surface area contributed by atoms with Gasteiger partial charge in [0.05, 0.1) is 16.2 Å². The topological polar surface area (TPSA) is 74.7 Å². The van der Waals surface area contributed by atoms with E-state index in [4.69, 9.17) is 5.11 Å². The molecule has 1 aliphatic rings. The van der Waals surface area contributed by atoms with E-state index in [2.05, 4.69) is 6.92 Å². The van der Waals surface area contributed by atoms with Gasteiger partial charge in [0.1, 0.15) is 0 Å². The van der Waals surface area contributed by atoms with Crippen LogP contribution in [0.5, 0.6) is 0 Å². The van der Waals surface area contributed by atoms with Crippen LogP contribution in [0.1, 0.15) is 23.7 Å². The highest BCUT2D eigenvalue weighted by Crippen LogP contribution is 2.37. The van der Waals surface area contributed by atoms with Gasteiger partial charge in [0.15, 0.2) is 9.84 Å². The molecular formula is C15H21NO4S. The molecule has 0 heterocycles. The van der Waals surface area contributed by atoms with Crippen LogP contribution in [0.3, 0.4) is 0 Å². The molecule has 0 bridgehead atoms. The van der Waals surface area contributed by atoms with E-state index in [-0.39, 0.29) is 16.2 Å². The summed E-state index contributed by atoms with van der Waals surface area (Å²) in [6, 6.07) is 5.53. The van der Waals surface area contributed by atoms with E-state index in [0.29, 0.717) is 12.5 Å². The Hall–Kier alpha value is -1.40. The minimum Gasteiger partial charge on any atom is -0.478 e. The summed E-state index contributed by atoms with van der Waals surface area (Å²) in [6.45, 7) is 3.58. The normalized spacial score (nSPS) is 21.5. The molecule has 1 fully saturated rings. The van der Waals surface area contributed by atoms with Crippen LogP contribution in [0.15, 0.2) is 29.2 Å². The summed E-state index contributed by atoms with van der Waals surface area (Å²) in [5, 5.41) is 8.92. The second-order valence-electron chi connectivity index (χ2n) is 5.89. The first-order valence-corrected chi connectivity index (χ1v) is 8.69. The number of benzene rings is 1. The summed E-state index contributed by atoms with van der Waals surface area (Å²) >= 11 is 0. The van der Waals surface area contributed by atoms with Gasteiger partial charge in [-0.1, -0.05) is 13.0 Å². The summed E-state index contributed by atoms with van der Waals surface area (Å²) in [7, 11) is -1.52. The molecular weight excluding hydrogens is 290 g/mol. The number of aromatic carboxylic acids is 1. The fourth-order valence-corrected chi connectivity index (χ4v) is 3.74. The number of nitrogens with zero attached hydrogens (tertiary/aromatic N) is 1. The van der Waals surface area contributed by atoms with E-state index in [0.717, 1.165) is 12.5 Å². The van der Waals surface area contributed by atoms with E-state index in [1.165, 1.54) is 30.7 Å². The van der Waals surface area contributed by atoms with Crippen molar-refractivity contribution in [3.05, 3.63) is 29.8 Å². The first-order valence-electron chi connectivity index (χ1n) is 7.04. The van der Waals surface area contributed by atoms with Gasteiger partial charge >= 0.3 is 5.97 Å². The average molecular weight is 311 g/mol. The standard InChI is InChI=1S/C15H21NO4S/c1-11-8-13(11)10-16(2)6-7-21(19,20)14-5-3-4-12(9-14)15(17)18/h3-5,9,11,13H,6-8,10H2,1-2H3,(H,17,18). The molecule has 116 valence electrons. The number of carbonyl (C=O) groups is 1. The maximum Gasteiger partial charge on any atom is 0.335 e. The van der Waals surface area contributed by atoms with Crippen molar-refractivity contribution in [3.8, 4) is 0 Å². The molecule has 1 saturated carbocycles. The molecule has 0 aromatic heterocycles. The Kier molecular flexibility index (Phi) is 4.68. The van der Waals surface area contributed by atoms with E-state index < -0.39 is 15.8 Å². The molecule has 0 spiro atoms. The minimum atomic E-state index is -3.45. The van der Waals surface area contributed by atoms with E-state index in [9.17, 15) is 13.2 Å². The van der Waals surface area contributed by atoms with Crippen LogP contribution in [-0.2, 0) is 9.84 Å². The molecule has 1 N–H and O–H groups in total. The number of carboxylic acid groups (broad SMARTS) is 1. The zero-order valence-corrected chi connectivity index (χ0v) is 13.1. The predicted octanol–water partition coefficient (Wildman–Crippen LogP) is 1.75. The van der Waals surface area contributed by atoms with Gasteiger partial charge in [0, 0.05) is 13.1 Å². The first kappa shape index (κ1) is 16.0. The van der Waals surface area contributed by atoms with Crippen LogP contribution < -0.4 is 0 Å². The fourth-order valence-electron chi connectivity index (χ4n) is 2.36. The van der Waals surface area contributed by atoms with Gasteiger partial charge in [-0.25, -0.2) is 13.2 Å². The lowest BCUT2D eigenvalue weighted by molar-refractivity contribution is 0.0696. The van der Waals surface area contributed by atoms with Crippen molar-refractivity contribution >= 4 is 15.8 Å². The average Bonchev–Trinajstić information content (AvgIpc) is 3.12. The third-order valence-electron chi connectivity index (χ3n) is 4.00. The SMILES string of the molecule is CC1CC1CN(C)CCS(=O)(=O)c1cccc(C(=O)O)c1. The highest BCUT2D eigenvalue weighted by molar-refractivity contribution is 7.91. The molecule has 6 heteroatoms. The van der Waals surface area contributed by atoms with E-state index in [1.807, 2.05) is 11.9 Å². The van der Waals surface area contributed by atoms with Gasteiger partial charge in [0.25, 0.3) is 0 Å². The molecule has 1 aromatic carbocycles. The third kappa shape index (κ3) is 4.28. The largest absolute Gasteiger partial charge is 0.478 e. The van der Waals surface area contributed by atoms with Crippen molar-refractivity contribution in [1.82, 2.24) is 4.90 Å². The summed E-state index contributed by atoms with van der Waals surface area (Å²) in [5.41, 5.74) is -0.00349. The van der Waals surface area contributed by atoms with Gasteiger partial charge in [-0.15, -0.1) is 0 Å². The monoisotopic (exact) mass is 311 g/mol. The highest BCUT2D eigenvalue weighted by Gasteiger charge is 2.33. The third-order valence-corrected chi connectivity index (χ3v) is 5.70. The predicted molar refractivity (Wildman–Crippen MR) is 80.2 cm³/mol. The summed E-state index contributed by atoms with van der Waals surface area (Å²) in [6.07, 6.45) is 1.22. The van der Waals surface area contributed by atoms with Gasteiger partial charge in [0.2, 0.25) is 0 Å². The highest BCUT2D eigenvalue weighted by atomic mass is 32.2. The molecule has 0 radical (unpaired) electrons. The Bertz CT molecular complexity index is 626. The minimum absolute atomic E-state index is 0.00349. The number of carboxylic acids is 1. The van der Waals surface area contributed by atoms with Crippen LogP contribution in [0.4, 0.5) is 0 Å². The van der Waals surface area contributed by atoms with Crippen molar-refractivity contribution in [3.63, 3.8) is 0 Å². The van der Waals surface area contributed by atoms with Crippen LogP contribution in [0.25, 0.3) is 0 Å². The molecule has 21 heavy (non-hydrogen) atoms. The second-order valence-corrected chi connectivity index (χ2v) is 8.00. The van der Waals surface area contributed by atoms with Crippen molar-refractivity contribution in [2.75, 3.05) is 25.9 Å². The van der Waals surface area contributed by atoms with Crippen LogP contribution in [0, 0.1) is 11.8 Å². The van der Waals surface area contributed by atoms with E-state index in [1.54, 1.807) is 0 Å². The van der Waals surface area contributed by atoms with Crippen molar-refractivity contribution in [2.45, 2.75) is 18.2 Å². The molecule has 1 aliphatic carbocycles. The van der Waals surface area contributed by atoms with Crippen LogP contribution in [0.2, 0.25) is 0 Å². The summed E-state index contributed by atoms with van der Waals surface area (Å²) in [5.74, 6) is 0.324. The maximum absolute atomic E-state index is 12.3. The van der Waals surface area contributed by atoms with Crippen molar-refractivity contribution < 1.29 is 18.3 Å². The zero-order valence-electron chi connectivity index (χ0n) is 12.3. The summed E-state index contributed by atoms with van der Waals surface area (Å²) < 4.78 is 24.5. The fraction of sp³-hybridized carbons (Fsp3) is 0.533.